The molecule has 1 saturated carbocycles. The molecule has 3 fully saturated rings. The molecule has 4 atom stereocenters. The van der Waals surface area contributed by atoms with E-state index in [2.05, 4.69) is 32.8 Å². The summed E-state index contributed by atoms with van der Waals surface area (Å²) in [7, 11) is -8.30. The smallest absolute Gasteiger partial charge is 0.338 e. The minimum Gasteiger partial charge on any atom is -0.338 e. The number of urea groups is 1. The molecule has 17 nitrogen and oxygen atoms in total. The Hall–Kier alpha value is -3.46. The molecule has 1 aromatic carbocycles. The van der Waals surface area contributed by atoms with Crippen LogP contribution in [0.4, 0.5) is 10.6 Å². The van der Waals surface area contributed by atoms with Gasteiger partial charge in [0.25, 0.3) is 20.2 Å². The summed E-state index contributed by atoms with van der Waals surface area (Å²) >= 11 is 0. The lowest BCUT2D eigenvalue weighted by atomic mass is 10.0. The van der Waals surface area contributed by atoms with Gasteiger partial charge in [0, 0.05) is 51.5 Å². The molecule has 270 valence electrons. The van der Waals surface area contributed by atoms with E-state index in [-0.39, 0.29) is 37.9 Å². The Morgan fingerprint density at radius 3 is 2.10 bits per heavy atom. The van der Waals surface area contributed by atoms with Crippen molar-refractivity contribution in [3.63, 3.8) is 0 Å². The van der Waals surface area contributed by atoms with Gasteiger partial charge in [0.15, 0.2) is 0 Å². The molecule has 0 spiro atoms. The number of piperidine rings is 1. The molecule has 1 aliphatic carbocycles. The van der Waals surface area contributed by atoms with Crippen LogP contribution in [0.2, 0.25) is 0 Å². The Kier molecular flexibility index (Phi) is 10.8. The third-order valence-electron chi connectivity index (χ3n) is 9.56. The van der Waals surface area contributed by atoms with Crippen LogP contribution in [-0.2, 0) is 31.5 Å². The molecule has 0 bridgehead atoms. The highest BCUT2D eigenvalue weighted by molar-refractivity contribution is 7.85. The number of hydrogen-bond donors (Lipinski definition) is 5. The number of carbonyl (C=O) groups is 2. The van der Waals surface area contributed by atoms with Crippen LogP contribution in [0.5, 0.6) is 0 Å². The number of likely N-dealkylation sites (tertiary alicyclic amines) is 1. The summed E-state index contributed by atoms with van der Waals surface area (Å²) in [4.78, 5) is 48.1. The van der Waals surface area contributed by atoms with Crippen molar-refractivity contribution in [3.05, 3.63) is 52.6 Å². The Labute approximate surface area is 285 Å². The molecule has 19 heteroatoms. The van der Waals surface area contributed by atoms with Crippen molar-refractivity contribution in [2.75, 3.05) is 62.9 Å². The first-order valence-electron chi connectivity index (χ1n) is 16.0. The van der Waals surface area contributed by atoms with Gasteiger partial charge in [-0.2, -0.15) is 21.8 Å². The highest BCUT2D eigenvalue weighted by atomic mass is 32.2. The number of nitrogens with zero attached hydrogens (tertiary/aromatic N) is 5. The van der Waals surface area contributed by atoms with Gasteiger partial charge in [-0.3, -0.25) is 34.0 Å². The number of anilines is 1. The predicted octanol–water partition coefficient (Wildman–Crippen LogP) is -0.334. The molecule has 2 aromatic rings. The normalized spacial score (nSPS) is 22.1. The van der Waals surface area contributed by atoms with E-state index in [1.807, 2.05) is 24.3 Å². The van der Waals surface area contributed by atoms with E-state index in [0.29, 0.717) is 36.0 Å². The van der Waals surface area contributed by atoms with Crippen LogP contribution in [0.1, 0.15) is 26.3 Å². The topological polar surface area (TPSA) is 224 Å². The van der Waals surface area contributed by atoms with Gasteiger partial charge < -0.3 is 15.1 Å². The van der Waals surface area contributed by atoms with E-state index in [0.717, 1.165) is 25.1 Å². The molecule has 2 aliphatic heterocycles. The maximum absolute atomic E-state index is 12.9. The molecule has 2 unspecified atom stereocenters. The lowest BCUT2D eigenvalue weighted by Gasteiger charge is -2.38. The second-order valence-electron chi connectivity index (χ2n) is 13.5. The maximum Gasteiger partial charge on any atom is 0.354 e. The summed E-state index contributed by atoms with van der Waals surface area (Å²) in [6.07, 6.45) is 2.37. The SMILES string of the molecule is CC(Cc1ccc(-n2ccc(NC(=O)N3CCN(C(=O)C(C)(C)NCS(=O)(=O)O)CC3)nc2=O)cc1)N1C[C@@H]2C(CNCS(=O)(=O)O)[C@@H]2C1. The summed E-state index contributed by atoms with van der Waals surface area (Å²) in [6, 6.07) is 9.01. The van der Waals surface area contributed by atoms with Crippen molar-refractivity contribution in [3.8, 4) is 5.69 Å². The molecule has 0 radical (unpaired) electrons. The zero-order chi connectivity index (χ0) is 35.7. The Balaban J connectivity index is 1.07. The Morgan fingerprint density at radius 1 is 0.939 bits per heavy atom. The number of amides is 3. The van der Waals surface area contributed by atoms with Crippen LogP contribution in [-0.4, -0.2) is 131 Å². The maximum atomic E-state index is 12.9. The van der Waals surface area contributed by atoms with E-state index < -0.39 is 49.2 Å². The fourth-order valence-electron chi connectivity index (χ4n) is 6.68. The summed E-state index contributed by atoms with van der Waals surface area (Å²) in [5.41, 5.74) is -0.0628. The molecule has 49 heavy (non-hydrogen) atoms. The molecular formula is C30H44N8O9S2. The molecular weight excluding hydrogens is 681 g/mol. The fraction of sp³-hybridized carbons (Fsp3) is 0.600. The first-order chi connectivity index (χ1) is 22.9. The summed E-state index contributed by atoms with van der Waals surface area (Å²) < 4.78 is 63.2. The van der Waals surface area contributed by atoms with Crippen LogP contribution in [0.25, 0.3) is 5.69 Å². The number of carbonyl (C=O) groups excluding carboxylic acids is 2. The molecule has 5 rings (SSSR count). The molecule has 3 aliphatic rings. The highest BCUT2D eigenvalue weighted by Gasteiger charge is 2.55. The average Bonchev–Trinajstić information content (AvgIpc) is 3.45. The largest absolute Gasteiger partial charge is 0.354 e. The first-order valence-corrected chi connectivity index (χ1v) is 19.3. The number of benzene rings is 1. The molecule has 5 N–H and O–H groups in total. The average molecular weight is 725 g/mol. The highest BCUT2D eigenvalue weighted by Crippen LogP contribution is 2.51. The van der Waals surface area contributed by atoms with E-state index in [1.54, 1.807) is 6.20 Å². The zero-order valence-corrected chi connectivity index (χ0v) is 29.3. The monoisotopic (exact) mass is 724 g/mol. The number of nitrogens with one attached hydrogen (secondary N) is 3. The number of rotatable bonds is 13. The van der Waals surface area contributed by atoms with Crippen molar-refractivity contribution >= 4 is 38.0 Å². The lowest BCUT2D eigenvalue weighted by molar-refractivity contribution is -0.138. The third-order valence-corrected chi connectivity index (χ3v) is 10.6. The second-order valence-corrected chi connectivity index (χ2v) is 16.5. The Morgan fingerprint density at radius 2 is 1.53 bits per heavy atom. The van der Waals surface area contributed by atoms with Crippen molar-refractivity contribution in [1.29, 1.82) is 0 Å². The Bertz CT molecular complexity index is 1800. The number of aromatic nitrogens is 2. The number of piperazine rings is 1. The molecule has 1 aromatic heterocycles. The summed E-state index contributed by atoms with van der Waals surface area (Å²) in [5.74, 6) is 0.0566. The van der Waals surface area contributed by atoms with Crippen LogP contribution >= 0.6 is 0 Å². The quantitative estimate of drug-likeness (QED) is 0.167. The van der Waals surface area contributed by atoms with Crippen molar-refractivity contribution in [2.45, 2.75) is 38.8 Å². The summed E-state index contributed by atoms with van der Waals surface area (Å²) in [5, 5.41) is 7.99. The van der Waals surface area contributed by atoms with Crippen LogP contribution in [0.15, 0.2) is 41.3 Å². The third kappa shape index (κ3) is 9.62. The van der Waals surface area contributed by atoms with E-state index in [1.165, 1.54) is 34.3 Å². The minimum absolute atomic E-state index is 0.0888. The van der Waals surface area contributed by atoms with Gasteiger partial charge in [-0.05, 0) is 75.3 Å². The van der Waals surface area contributed by atoms with Gasteiger partial charge in [-0.25, -0.2) is 9.59 Å². The van der Waals surface area contributed by atoms with Crippen molar-refractivity contribution in [1.82, 2.24) is 34.9 Å². The predicted molar refractivity (Wildman–Crippen MR) is 180 cm³/mol. The standard InChI is InChI=1S/C30H44N8O9S2/c1-20(37-16-24-23(25(24)17-37)15-31-18-48(42,43)44)14-21-4-6-22(7-5-21)38-9-8-26(34-29(38)41)33-28(40)36-12-10-35(11-13-36)27(39)30(2,3)32-19-49(45,46)47/h4-9,20,23-25,31-32H,10-19H2,1-3H3,(H,42,43,44)(H,45,46,47)(H,33,34,40,41)/t20?,23?,24-,25+. The van der Waals surface area contributed by atoms with E-state index >= 15 is 0 Å². The second kappa shape index (κ2) is 14.4. The van der Waals surface area contributed by atoms with Crippen LogP contribution in [0.3, 0.4) is 0 Å². The van der Waals surface area contributed by atoms with Gasteiger partial charge in [0.05, 0.1) is 11.2 Å². The fourth-order valence-corrected chi connectivity index (χ4v) is 7.59. The number of hydrogen-bond acceptors (Lipinski definition) is 11. The zero-order valence-electron chi connectivity index (χ0n) is 27.6. The molecule has 3 amide bonds. The van der Waals surface area contributed by atoms with Crippen LogP contribution in [0, 0.1) is 17.8 Å². The van der Waals surface area contributed by atoms with Gasteiger partial charge in [-0.1, -0.05) is 12.1 Å². The van der Waals surface area contributed by atoms with Gasteiger partial charge in [-0.15, -0.1) is 0 Å². The van der Waals surface area contributed by atoms with Crippen LogP contribution < -0.4 is 21.6 Å². The minimum atomic E-state index is -4.30. The first kappa shape index (κ1) is 36.8. The lowest BCUT2D eigenvalue weighted by Crippen LogP contribution is -2.60. The van der Waals surface area contributed by atoms with Gasteiger partial charge >= 0.3 is 11.7 Å². The van der Waals surface area contributed by atoms with Gasteiger partial charge in [0.1, 0.15) is 17.6 Å². The molecule has 3 heterocycles. The number of fused-ring (bicyclic) bond motifs is 1. The van der Waals surface area contributed by atoms with Crippen molar-refractivity contribution < 1.29 is 35.5 Å². The van der Waals surface area contributed by atoms with E-state index in [9.17, 15) is 31.2 Å². The van der Waals surface area contributed by atoms with Gasteiger partial charge in [0.2, 0.25) is 5.91 Å². The molecule has 2 saturated heterocycles. The van der Waals surface area contributed by atoms with E-state index in [4.69, 9.17) is 9.11 Å². The summed E-state index contributed by atoms with van der Waals surface area (Å²) in [6.45, 7) is 8.57. The van der Waals surface area contributed by atoms with Crippen molar-refractivity contribution in [2.24, 2.45) is 17.8 Å².